The highest BCUT2D eigenvalue weighted by molar-refractivity contribution is 5.58. The maximum atomic E-state index is 4.49. The van der Waals surface area contributed by atoms with Crippen molar-refractivity contribution in [3.63, 3.8) is 0 Å². The van der Waals surface area contributed by atoms with E-state index in [-0.39, 0.29) is 0 Å². The summed E-state index contributed by atoms with van der Waals surface area (Å²) in [4.78, 5) is 13.5. The van der Waals surface area contributed by atoms with Gasteiger partial charge < -0.3 is 15.1 Å². The molecule has 1 fully saturated rings. The van der Waals surface area contributed by atoms with Crippen molar-refractivity contribution in [1.29, 1.82) is 0 Å². The van der Waals surface area contributed by atoms with Gasteiger partial charge >= 0.3 is 0 Å². The van der Waals surface area contributed by atoms with Crippen LogP contribution in [-0.2, 0) is 0 Å². The zero-order chi connectivity index (χ0) is 14.0. The monoisotopic (exact) mass is 263 g/mol. The molecule has 0 amide bonds. The topological polar surface area (TPSA) is 44.3 Å². The third-order valence-electron chi connectivity index (χ3n) is 3.94. The van der Waals surface area contributed by atoms with Gasteiger partial charge in [0.1, 0.15) is 18.0 Å². The van der Waals surface area contributed by atoms with Gasteiger partial charge in [0.15, 0.2) is 0 Å². The fourth-order valence-corrected chi connectivity index (χ4v) is 2.90. The van der Waals surface area contributed by atoms with Crippen LogP contribution in [0.3, 0.4) is 0 Å². The normalized spacial score (nSPS) is 23.2. The van der Waals surface area contributed by atoms with Crippen molar-refractivity contribution in [2.45, 2.75) is 26.8 Å². The molecule has 5 nitrogen and oxygen atoms in total. The van der Waals surface area contributed by atoms with Crippen LogP contribution in [0, 0.1) is 12.8 Å². The highest BCUT2D eigenvalue weighted by Gasteiger charge is 2.32. The van der Waals surface area contributed by atoms with Crippen LogP contribution in [0.2, 0.25) is 0 Å². The highest BCUT2D eigenvalue weighted by Crippen LogP contribution is 2.28. The number of likely N-dealkylation sites (N-methyl/N-ethyl adjacent to an activating group) is 1. The molecule has 0 saturated carbocycles. The van der Waals surface area contributed by atoms with Crippen molar-refractivity contribution < 1.29 is 0 Å². The van der Waals surface area contributed by atoms with Gasteiger partial charge in [0.2, 0.25) is 0 Å². The molecule has 2 unspecified atom stereocenters. The summed E-state index contributed by atoms with van der Waals surface area (Å²) in [6, 6.07) is 0.594. The average Bonchev–Trinajstić information content (AvgIpc) is 2.74. The largest absolute Gasteiger partial charge is 0.370 e. The minimum Gasteiger partial charge on any atom is -0.370 e. The molecule has 2 heterocycles. The van der Waals surface area contributed by atoms with Crippen LogP contribution in [0.4, 0.5) is 11.6 Å². The lowest BCUT2D eigenvalue weighted by molar-refractivity contribution is 0.266. The number of nitrogens with one attached hydrogen (secondary N) is 1. The van der Waals surface area contributed by atoms with Gasteiger partial charge in [-0.05, 0) is 33.9 Å². The predicted octanol–water partition coefficient (Wildman–Crippen LogP) is 1.60. The average molecular weight is 263 g/mol. The Hall–Kier alpha value is -1.36. The predicted molar refractivity (Wildman–Crippen MR) is 79.8 cm³/mol. The minimum absolute atomic E-state index is 0.594. The summed E-state index contributed by atoms with van der Waals surface area (Å²) >= 11 is 0. The van der Waals surface area contributed by atoms with E-state index in [0.717, 1.165) is 36.8 Å². The zero-order valence-electron chi connectivity index (χ0n) is 12.6. The van der Waals surface area contributed by atoms with E-state index in [4.69, 9.17) is 0 Å². The molecule has 1 saturated heterocycles. The molecule has 0 radical (unpaired) electrons. The second-order valence-electron chi connectivity index (χ2n) is 5.61. The van der Waals surface area contributed by atoms with E-state index in [2.05, 4.69) is 60.0 Å². The lowest BCUT2D eigenvalue weighted by Gasteiger charge is -2.23. The summed E-state index contributed by atoms with van der Waals surface area (Å²) < 4.78 is 0. The minimum atomic E-state index is 0.594. The van der Waals surface area contributed by atoms with Gasteiger partial charge in [-0.1, -0.05) is 6.92 Å². The van der Waals surface area contributed by atoms with Crippen LogP contribution in [0.1, 0.15) is 19.4 Å². The number of rotatable bonds is 4. The lowest BCUT2D eigenvalue weighted by atomic mass is 10.1. The number of aromatic nitrogens is 2. The molecule has 1 aromatic heterocycles. The molecule has 1 aromatic rings. The summed E-state index contributed by atoms with van der Waals surface area (Å²) in [6.07, 6.45) is 1.66. The quantitative estimate of drug-likeness (QED) is 0.894. The van der Waals surface area contributed by atoms with Crippen LogP contribution < -0.4 is 10.2 Å². The van der Waals surface area contributed by atoms with Crippen LogP contribution in [-0.4, -0.2) is 54.6 Å². The molecule has 0 spiro atoms. The Morgan fingerprint density at radius 1 is 1.37 bits per heavy atom. The van der Waals surface area contributed by atoms with Crippen molar-refractivity contribution in [1.82, 2.24) is 14.9 Å². The van der Waals surface area contributed by atoms with Gasteiger partial charge in [0.05, 0.1) is 0 Å². The molecule has 106 valence electrons. The molecule has 0 aliphatic carbocycles. The maximum absolute atomic E-state index is 4.49. The molecule has 1 aliphatic rings. The van der Waals surface area contributed by atoms with Crippen LogP contribution in [0.5, 0.6) is 0 Å². The molecule has 19 heavy (non-hydrogen) atoms. The first-order valence-corrected chi connectivity index (χ1v) is 7.01. The highest BCUT2D eigenvalue weighted by atomic mass is 15.3. The molecular formula is C14H25N5. The molecule has 2 atom stereocenters. The zero-order valence-corrected chi connectivity index (χ0v) is 12.6. The number of hydrogen-bond acceptors (Lipinski definition) is 5. The smallest absolute Gasteiger partial charge is 0.137 e. The van der Waals surface area contributed by atoms with Crippen molar-refractivity contribution in [3.8, 4) is 0 Å². The molecule has 5 heteroatoms. The van der Waals surface area contributed by atoms with Crippen molar-refractivity contribution in [2.75, 3.05) is 43.9 Å². The third kappa shape index (κ3) is 2.81. The van der Waals surface area contributed by atoms with Gasteiger partial charge in [-0.2, -0.15) is 0 Å². The van der Waals surface area contributed by atoms with E-state index in [0.29, 0.717) is 12.0 Å². The Morgan fingerprint density at radius 3 is 2.68 bits per heavy atom. The summed E-state index contributed by atoms with van der Waals surface area (Å²) in [5.41, 5.74) is 1.15. The number of anilines is 2. The third-order valence-corrected chi connectivity index (χ3v) is 3.94. The SMILES string of the molecule is CCNc1ncnc(N2CC(C)C(N(C)C)C2)c1C. The van der Waals surface area contributed by atoms with Crippen molar-refractivity contribution in [2.24, 2.45) is 5.92 Å². The maximum Gasteiger partial charge on any atom is 0.137 e. The van der Waals surface area contributed by atoms with Gasteiger partial charge in [-0.25, -0.2) is 9.97 Å². The van der Waals surface area contributed by atoms with E-state index >= 15 is 0 Å². The second kappa shape index (κ2) is 5.74. The van der Waals surface area contributed by atoms with E-state index < -0.39 is 0 Å². The molecular weight excluding hydrogens is 238 g/mol. The summed E-state index contributed by atoms with van der Waals surface area (Å²) in [7, 11) is 4.31. The summed E-state index contributed by atoms with van der Waals surface area (Å²) in [6.45, 7) is 9.48. The Kier molecular flexibility index (Phi) is 4.24. The summed E-state index contributed by atoms with van der Waals surface area (Å²) in [5.74, 6) is 2.68. The second-order valence-corrected chi connectivity index (χ2v) is 5.61. The van der Waals surface area contributed by atoms with Gasteiger partial charge in [0, 0.05) is 31.2 Å². The van der Waals surface area contributed by atoms with Crippen molar-refractivity contribution >= 4 is 11.6 Å². The fraction of sp³-hybridized carbons (Fsp3) is 0.714. The summed E-state index contributed by atoms with van der Waals surface area (Å²) in [5, 5.41) is 3.30. The molecule has 1 aliphatic heterocycles. The molecule has 2 rings (SSSR count). The first kappa shape index (κ1) is 14.1. The van der Waals surface area contributed by atoms with Crippen LogP contribution in [0.25, 0.3) is 0 Å². The molecule has 0 aromatic carbocycles. The van der Waals surface area contributed by atoms with Crippen LogP contribution in [0.15, 0.2) is 6.33 Å². The van der Waals surface area contributed by atoms with E-state index in [9.17, 15) is 0 Å². The Labute approximate surface area is 116 Å². The standard InChI is InChI=1S/C14H25N5/c1-6-15-13-11(3)14(17-9-16-13)19-7-10(2)12(8-19)18(4)5/h9-10,12H,6-8H2,1-5H3,(H,15,16,17). The van der Waals surface area contributed by atoms with Gasteiger partial charge in [-0.15, -0.1) is 0 Å². The fourth-order valence-electron chi connectivity index (χ4n) is 2.90. The number of nitrogens with zero attached hydrogens (tertiary/aromatic N) is 4. The van der Waals surface area contributed by atoms with Crippen molar-refractivity contribution in [3.05, 3.63) is 11.9 Å². The van der Waals surface area contributed by atoms with Gasteiger partial charge in [-0.3, -0.25) is 0 Å². The van der Waals surface area contributed by atoms with Gasteiger partial charge in [0.25, 0.3) is 0 Å². The Morgan fingerprint density at radius 2 is 2.11 bits per heavy atom. The number of hydrogen-bond donors (Lipinski definition) is 1. The van der Waals surface area contributed by atoms with E-state index in [1.54, 1.807) is 6.33 Å². The van der Waals surface area contributed by atoms with E-state index in [1.807, 2.05) is 0 Å². The molecule has 0 bridgehead atoms. The molecule has 1 N–H and O–H groups in total. The van der Waals surface area contributed by atoms with Crippen LogP contribution >= 0.6 is 0 Å². The Bertz CT molecular complexity index is 432. The first-order valence-electron chi connectivity index (χ1n) is 7.01. The Balaban J connectivity index is 2.21. The van der Waals surface area contributed by atoms with E-state index in [1.165, 1.54) is 0 Å². The first-order chi connectivity index (χ1) is 9.04. The lowest BCUT2D eigenvalue weighted by Crippen LogP contribution is -2.34.